The van der Waals surface area contributed by atoms with Crippen molar-refractivity contribution in [3.63, 3.8) is 0 Å². The summed E-state index contributed by atoms with van der Waals surface area (Å²) in [6, 6.07) is 2.39. The predicted octanol–water partition coefficient (Wildman–Crippen LogP) is 2.48. The lowest BCUT2D eigenvalue weighted by molar-refractivity contribution is 0.170. The molecule has 76 valence electrons. The summed E-state index contributed by atoms with van der Waals surface area (Å²) in [5, 5.41) is 0. The normalized spacial score (nSPS) is 16.8. The molecule has 1 aliphatic heterocycles. The highest BCUT2D eigenvalue weighted by Gasteiger charge is 2.18. The molecular formula is C11H13F2N. The van der Waals surface area contributed by atoms with Crippen molar-refractivity contribution in [3.05, 3.63) is 34.9 Å². The maximum absolute atomic E-state index is 13.4. The average molecular weight is 197 g/mol. The van der Waals surface area contributed by atoms with Crippen molar-refractivity contribution >= 4 is 0 Å². The van der Waals surface area contributed by atoms with Gasteiger partial charge in [-0.05, 0) is 44.1 Å². The standard InChI is InChI=1S/C11H13F2N/c1-8-9(7-14-5-2-6-14)11(13)4-3-10(8)12/h3-4H,2,5-7H2,1H3. The Kier molecular flexibility index (Phi) is 2.50. The summed E-state index contributed by atoms with van der Waals surface area (Å²) in [4.78, 5) is 2.12. The Hall–Kier alpha value is -0.960. The van der Waals surface area contributed by atoms with Crippen LogP contribution in [0, 0.1) is 18.6 Å². The van der Waals surface area contributed by atoms with Gasteiger partial charge in [-0.1, -0.05) is 0 Å². The molecule has 3 heteroatoms. The topological polar surface area (TPSA) is 3.24 Å². The Labute approximate surface area is 82.3 Å². The molecular weight excluding hydrogens is 184 g/mol. The van der Waals surface area contributed by atoms with Crippen molar-refractivity contribution in [1.82, 2.24) is 4.90 Å². The van der Waals surface area contributed by atoms with E-state index < -0.39 is 0 Å². The first-order chi connectivity index (χ1) is 6.68. The Bertz CT molecular complexity index is 345. The molecule has 1 fully saturated rings. The molecule has 0 N–H and O–H groups in total. The second kappa shape index (κ2) is 3.65. The zero-order valence-electron chi connectivity index (χ0n) is 8.19. The minimum Gasteiger partial charge on any atom is -0.299 e. The van der Waals surface area contributed by atoms with E-state index in [0.29, 0.717) is 17.7 Å². The molecule has 0 aromatic heterocycles. The van der Waals surface area contributed by atoms with Crippen molar-refractivity contribution in [2.45, 2.75) is 19.9 Å². The molecule has 0 saturated carbocycles. The summed E-state index contributed by atoms with van der Waals surface area (Å²) in [5.74, 6) is -0.613. The summed E-state index contributed by atoms with van der Waals surface area (Å²) in [6.45, 7) is 4.16. The fourth-order valence-electron chi connectivity index (χ4n) is 1.65. The second-order valence-electron chi connectivity index (χ2n) is 3.76. The molecule has 0 amide bonds. The van der Waals surface area contributed by atoms with E-state index in [0.717, 1.165) is 19.5 Å². The quantitative estimate of drug-likeness (QED) is 0.704. The summed E-state index contributed by atoms with van der Waals surface area (Å²) in [6.07, 6.45) is 1.16. The minimum absolute atomic E-state index is 0.296. The van der Waals surface area contributed by atoms with E-state index >= 15 is 0 Å². The molecule has 1 saturated heterocycles. The highest BCUT2D eigenvalue weighted by atomic mass is 19.1. The van der Waals surface area contributed by atoms with Gasteiger partial charge in [0, 0.05) is 12.1 Å². The zero-order valence-corrected chi connectivity index (χ0v) is 8.19. The van der Waals surface area contributed by atoms with Crippen molar-refractivity contribution in [2.75, 3.05) is 13.1 Å². The molecule has 0 atom stereocenters. The summed E-state index contributed by atoms with van der Waals surface area (Å²) in [7, 11) is 0. The third kappa shape index (κ3) is 1.64. The van der Waals surface area contributed by atoms with Crippen molar-refractivity contribution < 1.29 is 8.78 Å². The third-order valence-corrected chi connectivity index (χ3v) is 2.81. The fourth-order valence-corrected chi connectivity index (χ4v) is 1.65. The van der Waals surface area contributed by atoms with Crippen LogP contribution in [0.2, 0.25) is 0 Å². The molecule has 0 spiro atoms. The lowest BCUT2D eigenvalue weighted by Crippen LogP contribution is -2.36. The lowest BCUT2D eigenvalue weighted by atomic mass is 10.1. The number of rotatable bonds is 2. The summed E-state index contributed by atoms with van der Waals surface area (Å²) < 4.78 is 26.5. The van der Waals surface area contributed by atoms with E-state index in [4.69, 9.17) is 0 Å². The first-order valence-corrected chi connectivity index (χ1v) is 4.84. The first-order valence-electron chi connectivity index (χ1n) is 4.84. The van der Waals surface area contributed by atoms with Crippen LogP contribution in [0.1, 0.15) is 17.5 Å². The predicted molar refractivity (Wildman–Crippen MR) is 51.0 cm³/mol. The Morgan fingerprint density at radius 1 is 1.21 bits per heavy atom. The third-order valence-electron chi connectivity index (χ3n) is 2.81. The number of nitrogens with zero attached hydrogens (tertiary/aromatic N) is 1. The fraction of sp³-hybridized carbons (Fsp3) is 0.455. The monoisotopic (exact) mass is 197 g/mol. The second-order valence-corrected chi connectivity index (χ2v) is 3.76. The van der Waals surface area contributed by atoms with Gasteiger partial charge in [-0.25, -0.2) is 8.78 Å². The Morgan fingerprint density at radius 2 is 1.86 bits per heavy atom. The summed E-state index contributed by atoms with van der Waals surface area (Å²) in [5.41, 5.74) is 0.946. The molecule has 1 aromatic rings. The number of hydrogen-bond donors (Lipinski definition) is 0. The van der Waals surface area contributed by atoms with Crippen molar-refractivity contribution in [3.8, 4) is 0 Å². The molecule has 1 aliphatic rings. The maximum Gasteiger partial charge on any atom is 0.128 e. The van der Waals surface area contributed by atoms with Crippen LogP contribution in [0.4, 0.5) is 8.78 Å². The van der Waals surface area contributed by atoms with Crippen LogP contribution >= 0.6 is 0 Å². The van der Waals surface area contributed by atoms with E-state index in [1.54, 1.807) is 6.92 Å². The van der Waals surface area contributed by atoms with Crippen LogP contribution < -0.4 is 0 Å². The van der Waals surface area contributed by atoms with E-state index in [2.05, 4.69) is 4.90 Å². The first kappa shape index (κ1) is 9.59. The molecule has 0 radical (unpaired) electrons. The van der Waals surface area contributed by atoms with Crippen LogP contribution in [0.3, 0.4) is 0 Å². The number of likely N-dealkylation sites (tertiary alicyclic amines) is 1. The van der Waals surface area contributed by atoms with Gasteiger partial charge in [0.15, 0.2) is 0 Å². The van der Waals surface area contributed by atoms with Gasteiger partial charge in [0.2, 0.25) is 0 Å². The van der Waals surface area contributed by atoms with Crippen molar-refractivity contribution in [2.24, 2.45) is 0 Å². The molecule has 0 bridgehead atoms. The number of halogens is 2. The van der Waals surface area contributed by atoms with Gasteiger partial charge in [-0.2, -0.15) is 0 Å². The van der Waals surface area contributed by atoms with Gasteiger partial charge in [0.25, 0.3) is 0 Å². The lowest BCUT2D eigenvalue weighted by Gasteiger charge is -2.31. The van der Waals surface area contributed by atoms with Crippen LogP contribution in [0.15, 0.2) is 12.1 Å². The maximum atomic E-state index is 13.4. The molecule has 1 nitrogen and oxygen atoms in total. The SMILES string of the molecule is Cc1c(F)ccc(F)c1CN1CCC1. The van der Waals surface area contributed by atoms with Crippen molar-refractivity contribution in [1.29, 1.82) is 0 Å². The van der Waals surface area contributed by atoms with Crippen LogP contribution in [0.5, 0.6) is 0 Å². The Morgan fingerprint density at radius 3 is 2.43 bits per heavy atom. The molecule has 14 heavy (non-hydrogen) atoms. The average Bonchev–Trinajstić information content (AvgIpc) is 2.09. The largest absolute Gasteiger partial charge is 0.299 e. The number of benzene rings is 1. The van der Waals surface area contributed by atoms with Gasteiger partial charge in [0.1, 0.15) is 11.6 Å². The van der Waals surface area contributed by atoms with E-state index in [9.17, 15) is 8.78 Å². The molecule has 1 aromatic carbocycles. The van der Waals surface area contributed by atoms with Crippen LogP contribution in [-0.4, -0.2) is 18.0 Å². The highest BCUT2D eigenvalue weighted by molar-refractivity contribution is 5.28. The van der Waals surface area contributed by atoms with Crippen LogP contribution in [0.25, 0.3) is 0 Å². The minimum atomic E-state index is -0.318. The van der Waals surface area contributed by atoms with Gasteiger partial charge in [0.05, 0.1) is 0 Å². The molecule has 1 heterocycles. The van der Waals surface area contributed by atoms with Gasteiger partial charge < -0.3 is 0 Å². The Balaban J connectivity index is 2.25. The zero-order chi connectivity index (χ0) is 10.1. The van der Waals surface area contributed by atoms with E-state index in [-0.39, 0.29) is 11.6 Å². The van der Waals surface area contributed by atoms with Gasteiger partial charge in [-0.15, -0.1) is 0 Å². The van der Waals surface area contributed by atoms with Gasteiger partial charge >= 0.3 is 0 Å². The number of hydrogen-bond acceptors (Lipinski definition) is 1. The van der Waals surface area contributed by atoms with Gasteiger partial charge in [-0.3, -0.25) is 4.90 Å². The molecule has 2 rings (SSSR count). The van der Waals surface area contributed by atoms with Crippen LogP contribution in [-0.2, 0) is 6.54 Å². The molecule has 0 unspecified atom stereocenters. The smallest absolute Gasteiger partial charge is 0.128 e. The highest BCUT2D eigenvalue weighted by Crippen LogP contribution is 2.20. The van der Waals surface area contributed by atoms with E-state index in [1.165, 1.54) is 12.1 Å². The van der Waals surface area contributed by atoms with E-state index in [1.807, 2.05) is 0 Å². The molecule has 0 aliphatic carbocycles. The summed E-state index contributed by atoms with van der Waals surface area (Å²) >= 11 is 0.